The first-order valence-corrected chi connectivity index (χ1v) is 7.79. The molecular formula is C15H19BrF3N. The van der Waals surface area contributed by atoms with E-state index in [0.717, 1.165) is 17.3 Å². The van der Waals surface area contributed by atoms with Crippen LogP contribution in [0.5, 0.6) is 0 Å². The maximum Gasteiger partial charge on any atom is 0.389 e. The predicted octanol–water partition coefficient (Wildman–Crippen LogP) is 5.02. The topological polar surface area (TPSA) is 12.0 Å². The van der Waals surface area contributed by atoms with E-state index in [1.54, 1.807) is 0 Å². The Hall–Kier alpha value is -0.550. The van der Waals surface area contributed by atoms with Gasteiger partial charge in [-0.05, 0) is 55.8 Å². The molecule has 20 heavy (non-hydrogen) atoms. The Morgan fingerprint density at radius 2 is 1.75 bits per heavy atom. The van der Waals surface area contributed by atoms with Crippen LogP contribution < -0.4 is 5.32 Å². The van der Waals surface area contributed by atoms with Gasteiger partial charge < -0.3 is 5.32 Å². The molecule has 5 heteroatoms. The molecule has 0 heterocycles. The van der Waals surface area contributed by atoms with Gasteiger partial charge in [0.25, 0.3) is 0 Å². The quantitative estimate of drug-likeness (QED) is 0.711. The van der Waals surface area contributed by atoms with Gasteiger partial charge in [0.15, 0.2) is 0 Å². The van der Waals surface area contributed by atoms with Gasteiger partial charge in [0, 0.05) is 16.9 Å². The molecule has 0 radical (unpaired) electrons. The Morgan fingerprint density at radius 1 is 1.10 bits per heavy atom. The Labute approximate surface area is 126 Å². The number of unbranched alkanes of at least 4 members (excludes halogenated alkanes) is 1. The van der Waals surface area contributed by atoms with Gasteiger partial charge >= 0.3 is 6.18 Å². The van der Waals surface area contributed by atoms with Crippen LogP contribution in [0.2, 0.25) is 0 Å². The average Bonchev–Trinajstić information content (AvgIpc) is 2.31. The first-order chi connectivity index (χ1) is 9.44. The van der Waals surface area contributed by atoms with E-state index in [1.165, 1.54) is 5.56 Å². The van der Waals surface area contributed by atoms with Crippen LogP contribution in [0.4, 0.5) is 13.2 Å². The van der Waals surface area contributed by atoms with Crippen LogP contribution in [0, 0.1) is 0 Å². The number of alkyl halides is 3. The van der Waals surface area contributed by atoms with Gasteiger partial charge in [-0.3, -0.25) is 0 Å². The van der Waals surface area contributed by atoms with Crippen molar-refractivity contribution < 1.29 is 13.2 Å². The molecule has 1 fully saturated rings. The lowest BCUT2D eigenvalue weighted by molar-refractivity contribution is -0.135. The average molecular weight is 350 g/mol. The van der Waals surface area contributed by atoms with Gasteiger partial charge in [0.05, 0.1) is 0 Å². The predicted molar refractivity (Wildman–Crippen MR) is 77.8 cm³/mol. The first kappa shape index (κ1) is 15.8. The van der Waals surface area contributed by atoms with Crippen molar-refractivity contribution in [3.8, 4) is 0 Å². The summed E-state index contributed by atoms with van der Waals surface area (Å²) >= 11 is 3.42. The molecule has 1 aliphatic carbocycles. The largest absolute Gasteiger partial charge is 0.389 e. The standard InChI is InChI=1S/C15H19BrF3N/c16-13-5-3-11(4-6-13)12-9-14(10-12)20-8-2-1-7-15(17,18)19/h3-6,12,14,20H,1-2,7-10H2. The third kappa shape index (κ3) is 5.09. The highest BCUT2D eigenvalue weighted by Gasteiger charge is 2.30. The maximum atomic E-state index is 12.0. The molecule has 1 saturated carbocycles. The minimum Gasteiger partial charge on any atom is -0.314 e. The molecule has 1 aliphatic rings. The Morgan fingerprint density at radius 3 is 2.35 bits per heavy atom. The van der Waals surface area contributed by atoms with Gasteiger partial charge in [-0.1, -0.05) is 28.1 Å². The smallest absolute Gasteiger partial charge is 0.314 e. The summed E-state index contributed by atoms with van der Waals surface area (Å²) in [5.41, 5.74) is 1.35. The second-order valence-electron chi connectivity index (χ2n) is 5.44. The van der Waals surface area contributed by atoms with Gasteiger partial charge in [0.1, 0.15) is 0 Å². The zero-order valence-electron chi connectivity index (χ0n) is 11.2. The van der Waals surface area contributed by atoms with Gasteiger partial charge in [-0.2, -0.15) is 13.2 Å². The second kappa shape index (κ2) is 6.94. The van der Waals surface area contributed by atoms with E-state index in [4.69, 9.17) is 0 Å². The number of halogens is 4. The third-order valence-corrected chi connectivity index (χ3v) is 4.33. The van der Waals surface area contributed by atoms with Crippen LogP contribution in [0.1, 0.15) is 43.6 Å². The number of nitrogens with one attached hydrogen (secondary N) is 1. The minimum absolute atomic E-state index is 0.222. The van der Waals surface area contributed by atoms with Crippen molar-refractivity contribution in [1.82, 2.24) is 5.32 Å². The molecule has 0 spiro atoms. The molecule has 0 amide bonds. The van der Waals surface area contributed by atoms with E-state index in [1.807, 2.05) is 12.1 Å². The highest BCUT2D eigenvalue weighted by molar-refractivity contribution is 9.10. The monoisotopic (exact) mass is 349 g/mol. The summed E-state index contributed by atoms with van der Waals surface area (Å²) in [6, 6.07) is 8.83. The van der Waals surface area contributed by atoms with Crippen molar-refractivity contribution in [3.63, 3.8) is 0 Å². The summed E-state index contributed by atoms with van der Waals surface area (Å²) in [6.07, 6.45) is -1.69. The number of hydrogen-bond acceptors (Lipinski definition) is 1. The lowest BCUT2D eigenvalue weighted by Crippen LogP contribution is -2.40. The lowest BCUT2D eigenvalue weighted by atomic mass is 9.76. The van der Waals surface area contributed by atoms with Gasteiger partial charge in [-0.25, -0.2) is 0 Å². The molecule has 0 unspecified atom stereocenters. The summed E-state index contributed by atoms with van der Waals surface area (Å²) < 4.78 is 37.0. The highest BCUT2D eigenvalue weighted by Crippen LogP contribution is 2.37. The van der Waals surface area contributed by atoms with Gasteiger partial charge in [-0.15, -0.1) is 0 Å². The molecular weight excluding hydrogens is 331 g/mol. The molecule has 1 aromatic carbocycles. The van der Waals surface area contributed by atoms with Crippen molar-refractivity contribution >= 4 is 15.9 Å². The van der Waals surface area contributed by atoms with E-state index in [2.05, 4.69) is 33.4 Å². The Balaban J connectivity index is 1.57. The summed E-state index contributed by atoms with van der Waals surface area (Å²) in [7, 11) is 0. The SMILES string of the molecule is FC(F)(F)CCCCNC1CC(c2ccc(Br)cc2)C1. The van der Waals surface area contributed by atoms with Crippen LogP contribution in [0.15, 0.2) is 28.7 Å². The van der Waals surface area contributed by atoms with Crippen molar-refractivity contribution in [3.05, 3.63) is 34.3 Å². The van der Waals surface area contributed by atoms with Crippen LogP contribution in [0.3, 0.4) is 0 Å². The zero-order chi connectivity index (χ0) is 14.6. The summed E-state index contributed by atoms with van der Waals surface area (Å²) in [5, 5.41) is 3.34. The molecule has 1 N–H and O–H groups in total. The number of benzene rings is 1. The highest BCUT2D eigenvalue weighted by atomic mass is 79.9. The fraction of sp³-hybridized carbons (Fsp3) is 0.600. The molecule has 0 aliphatic heterocycles. The van der Waals surface area contributed by atoms with Crippen LogP contribution in [0.25, 0.3) is 0 Å². The fourth-order valence-corrected chi connectivity index (χ4v) is 2.81. The van der Waals surface area contributed by atoms with Crippen LogP contribution in [-0.2, 0) is 0 Å². The van der Waals surface area contributed by atoms with Crippen LogP contribution in [-0.4, -0.2) is 18.8 Å². The molecule has 0 atom stereocenters. The summed E-state index contributed by atoms with van der Waals surface area (Å²) in [4.78, 5) is 0. The zero-order valence-corrected chi connectivity index (χ0v) is 12.8. The normalized spacial score (nSPS) is 22.6. The van der Waals surface area contributed by atoms with E-state index in [-0.39, 0.29) is 6.42 Å². The molecule has 1 nitrogen and oxygen atoms in total. The Bertz CT molecular complexity index is 410. The van der Waals surface area contributed by atoms with E-state index < -0.39 is 12.6 Å². The van der Waals surface area contributed by atoms with E-state index in [0.29, 0.717) is 24.9 Å². The number of hydrogen-bond donors (Lipinski definition) is 1. The first-order valence-electron chi connectivity index (χ1n) is 6.99. The molecule has 0 saturated heterocycles. The maximum absolute atomic E-state index is 12.0. The minimum atomic E-state index is -4.01. The Kier molecular flexibility index (Phi) is 5.49. The van der Waals surface area contributed by atoms with Crippen molar-refractivity contribution in [2.24, 2.45) is 0 Å². The molecule has 0 aromatic heterocycles. The third-order valence-electron chi connectivity index (χ3n) is 3.80. The number of rotatable bonds is 6. The van der Waals surface area contributed by atoms with Crippen LogP contribution >= 0.6 is 15.9 Å². The molecule has 112 valence electrons. The van der Waals surface area contributed by atoms with Crippen molar-refractivity contribution in [2.45, 2.75) is 50.2 Å². The van der Waals surface area contributed by atoms with Crippen molar-refractivity contribution in [1.29, 1.82) is 0 Å². The summed E-state index contributed by atoms with van der Waals surface area (Å²) in [6.45, 7) is 0.688. The second-order valence-corrected chi connectivity index (χ2v) is 6.36. The molecule has 1 aromatic rings. The van der Waals surface area contributed by atoms with E-state index >= 15 is 0 Å². The molecule has 0 bridgehead atoms. The molecule has 2 rings (SSSR count). The summed E-state index contributed by atoms with van der Waals surface area (Å²) in [5.74, 6) is 0.593. The lowest BCUT2D eigenvalue weighted by Gasteiger charge is -2.36. The fourth-order valence-electron chi connectivity index (χ4n) is 2.55. The van der Waals surface area contributed by atoms with E-state index in [9.17, 15) is 13.2 Å². The van der Waals surface area contributed by atoms with Crippen molar-refractivity contribution in [2.75, 3.05) is 6.54 Å². The van der Waals surface area contributed by atoms with Gasteiger partial charge in [0.2, 0.25) is 0 Å².